The van der Waals surface area contributed by atoms with Crippen molar-refractivity contribution in [3.63, 3.8) is 0 Å². The van der Waals surface area contributed by atoms with Crippen molar-refractivity contribution in [2.24, 2.45) is 11.7 Å². The van der Waals surface area contributed by atoms with E-state index in [1.54, 1.807) is 31.2 Å². The summed E-state index contributed by atoms with van der Waals surface area (Å²) in [7, 11) is 0. The van der Waals surface area contributed by atoms with Gasteiger partial charge in [-0.05, 0) is 49.4 Å². The van der Waals surface area contributed by atoms with Crippen LogP contribution >= 0.6 is 23.2 Å². The van der Waals surface area contributed by atoms with E-state index in [-0.39, 0.29) is 16.5 Å². The fraction of sp³-hybridized carbons (Fsp3) is 0.435. The summed E-state index contributed by atoms with van der Waals surface area (Å²) in [4.78, 5) is 15.8. The van der Waals surface area contributed by atoms with Crippen LogP contribution in [0.2, 0.25) is 10.0 Å². The Kier molecular flexibility index (Phi) is 5.07. The first-order valence-electron chi connectivity index (χ1n) is 10.5. The number of hydrogen-bond acceptors (Lipinski definition) is 4. The Hall–Kier alpha value is -1.70. The molecule has 1 saturated carbocycles. The Labute approximate surface area is 190 Å². The number of nitrogens with one attached hydrogen (secondary N) is 1. The van der Waals surface area contributed by atoms with Crippen molar-refractivity contribution in [3.8, 4) is 0 Å². The molecular formula is C23H24Cl2FN3O2. The molecule has 1 spiro atoms. The average molecular weight is 464 g/mol. The number of nitrogens with two attached hydrogens (primary N) is 1. The molecule has 5 rings (SSSR count). The van der Waals surface area contributed by atoms with Gasteiger partial charge in [0.05, 0.1) is 17.2 Å². The topological polar surface area (TPSA) is 78.6 Å². The van der Waals surface area contributed by atoms with E-state index in [1.807, 2.05) is 11.0 Å². The molecule has 0 bridgehead atoms. The summed E-state index contributed by atoms with van der Waals surface area (Å²) in [6.07, 6.45) is 1.29. The van der Waals surface area contributed by atoms with Gasteiger partial charge in [-0.3, -0.25) is 9.69 Å². The Bertz CT molecular complexity index is 1060. The first-order chi connectivity index (χ1) is 14.8. The van der Waals surface area contributed by atoms with Gasteiger partial charge in [0.2, 0.25) is 5.91 Å². The van der Waals surface area contributed by atoms with Crippen LogP contribution < -0.4 is 11.1 Å². The second kappa shape index (κ2) is 7.42. The van der Waals surface area contributed by atoms with Crippen LogP contribution in [0.5, 0.6) is 0 Å². The van der Waals surface area contributed by atoms with Crippen LogP contribution in [0.25, 0.3) is 0 Å². The fourth-order valence-corrected chi connectivity index (χ4v) is 5.96. The van der Waals surface area contributed by atoms with E-state index < -0.39 is 35.5 Å². The molecule has 1 amide bonds. The van der Waals surface area contributed by atoms with E-state index in [1.165, 1.54) is 6.07 Å². The van der Waals surface area contributed by atoms with Crippen LogP contribution in [0.15, 0.2) is 36.4 Å². The predicted molar refractivity (Wildman–Crippen MR) is 119 cm³/mol. The Morgan fingerprint density at radius 1 is 1.32 bits per heavy atom. The number of likely N-dealkylation sites (tertiary alicyclic amines) is 1. The number of benzene rings is 2. The lowest BCUT2D eigenvalue weighted by Gasteiger charge is -2.40. The summed E-state index contributed by atoms with van der Waals surface area (Å²) in [5.41, 5.74) is 7.05. The monoisotopic (exact) mass is 463 g/mol. The SMILES string of the molecule is C[C@@H](O)C1[C@@H](N)[C@H](c2cccc(Cl)c2F)[C@]2(C(=O)Nc3cc(Cl)ccc32)N1CC1CC1. The predicted octanol–water partition coefficient (Wildman–Crippen LogP) is 3.87. The number of aliphatic hydroxyl groups excluding tert-OH is 1. The maximum Gasteiger partial charge on any atom is 0.250 e. The number of amides is 1. The number of aliphatic hydroxyl groups is 1. The van der Waals surface area contributed by atoms with Crippen molar-refractivity contribution in [2.75, 3.05) is 11.9 Å². The highest BCUT2D eigenvalue weighted by atomic mass is 35.5. The normalized spacial score (nSPS) is 31.2. The van der Waals surface area contributed by atoms with Crippen molar-refractivity contribution in [2.45, 2.75) is 49.4 Å². The molecule has 2 aliphatic heterocycles. The highest BCUT2D eigenvalue weighted by molar-refractivity contribution is 6.31. The first kappa shape index (κ1) is 21.2. The van der Waals surface area contributed by atoms with Gasteiger partial charge >= 0.3 is 0 Å². The largest absolute Gasteiger partial charge is 0.392 e. The van der Waals surface area contributed by atoms with Crippen LogP contribution in [0.3, 0.4) is 0 Å². The highest BCUT2D eigenvalue weighted by Crippen LogP contribution is 2.58. The number of carbonyl (C=O) groups is 1. The summed E-state index contributed by atoms with van der Waals surface area (Å²) < 4.78 is 15.3. The molecule has 4 N–H and O–H groups in total. The lowest BCUT2D eigenvalue weighted by Crippen LogP contribution is -2.55. The molecule has 5 nitrogen and oxygen atoms in total. The molecule has 5 atom stereocenters. The van der Waals surface area contributed by atoms with Gasteiger partial charge < -0.3 is 16.2 Å². The molecule has 0 aromatic heterocycles. The van der Waals surface area contributed by atoms with Gasteiger partial charge in [-0.25, -0.2) is 4.39 Å². The zero-order valence-corrected chi connectivity index (χ0v) is 18.5. The van der Waals surface area contributed by atoms with E-state index in [2.05, 4.69) is 5.32 Å². The van der Waals surface area contributed by atoms with Gasteiger partial charge in [-0.15, -0.1) is 0 Å². The van der Waals surface area contributed by atoms with E-state index >= 15 is 4.39 Å². The second-order valence-electron chi connectivity index (χ2n) is 8.94. The highest BCUT2D eigenvalue weighted by Gasteiger charge is 2.67. The summed E-state index contributed by atoms with van der Waals surface area (Å²) in [6, 6.07) is 8.78. The van der Waals surface area contributed by atoms with Crippen LogP contribution in [-0.4, -0.2) is 40.6 Å². The number of rotatable bonds is 4. The smallest absolute Gasteiger partial charge is 0.250 e. The molecule has 1 saturated heterocycles. The van der Waals surface area contributed by atoms with Crippen LogP contribution in [0.4, 0.5) is 10.1 Å². The second-order valence-corrected chi connectivity index (χ2v) is 9.78. The van der Waals surface area contributed by atoms with E-state index in [0.29, 0.717) is 28.7 Å². The van der Waals surface area contributed by atoms with Crippen molar-refractivity contribution < 1.29 is 14.3 Å². The zero-order valence-electron chi connectivity index (χ0n) is 17.0. The van der Waals surface area contributed by atoms with Crippen molar-refractivity contribution in [1.29, 1.82) is 0 Å². The Morgan fingerprint density at radius 2 is 2.06 bits per heavy atom. The number of anilines is 1. The van der Waals surface area contributed by atoms with Gasteiger partial charge in [-0.2, -0.15) is 0 Å². The molecule has 2 aromatic carbocycles. The van der Waals surface area contributed by atoms with Gasteiger partial charge in [0.25, 0.3) is 0 Å². The van der Waals surface area contributed by atoms with Crippen LogP contribution in [0.1, 0.15) is 36.8 Å². The number of fused-ring (bicyclic) bond motifs is 2. The minimum atomic E-state index is -1.27. The average Bonchev–Trinajstić information content (AvgIpc) is 3.42. The molecule has 31 heavy (non-hydrogen) atoms. The minimum absolute atomic E-state index is 0.0242. The van der Waals surface area contributed by atoms with E-state index in [0.717, 1.165) is 12.8 Å². The van der Waals surface area contributed by atoms with E-state index in [9.17, 15) is 9.90 Å². The van der Waals surface area contributed by atoms with Gasteiger partial charge in [-0.1, -0.05) is 41.4 Å². The van der Waals surface area contributed by atoms with Crippen molar-refractivity contribution in [3.05, 3.63) is 63.4 Å². The standard InChI is InChI=1S/C23H24Cl2FN3O2/c1-11(30)21-20(27)18(14-3-2-4-16(25)19(14)26)23(29(21)10-12-5-6-12)15-8-7-13(24)9-17(15)28-22(23)31/h2-4,7-9,11-12,18,20-21,30H,5-6,10,27H2,1H3,(H,28,31)/t11-,18+,20+,21?,23-/m1/s1. The van der Waals surface area contributed by atoms with E-state index in [4.69, 9.17) is 28.9 Å². The van der Waals surface area contributed by atoms with Crippen molar-refractivity contribution >= 4 is 34.8 Å². The quantitative estimate of drug-likeness (QED) is 0.642. The lowest BCUT2D eigenvalue weighted by molar-refractivity contribution is -0.128. The zero-order chi connectivity index (χ0) is 22.1. The third-order valence-electron chi connectivity index (χ3n) is 6.99. The molecule has 2 heterocycles. The molecule has 8 heteroatoms. The number of hydrogen-bond donors (Lipinski definition) is 3. The maximum atomic E-state index is 15.3. The molecule has 0 radical (unpaired) electrons. The Balaban J connectivity index is 1.80. The fourth-order valence-electron chi connectivity index (χ4n) is 5.60. The first-order valence-corrected chi connectivity index (χ1v) is 11.3. The molecular weight excluding hydrogens is 440 g/mol. The van der Waals surface area contributed by atoms with Gasteiger partial charge in [0.1, 0.15) is 11.4 Å². The molecule has 3 aliphatic rings. The lowest BCUT2D eigenvalue weighted by atomic mass is 9.73. The summed E-state index contributed by atoms with van der Waals surface area (Å²) in [5.74, 6) is -1.20. The molecule has 1 unspecified atom stereocenters. The number of halogens is 3. The molecule has 2 aromatic rings. The number of nitrogens with zero attached hydrogens (tertiary/aromatic N) is 1. The third kappa shape index (κ3) is 3.04. The van der Waals surface area contributed by atoms with Crippen molar-refractivity contribution in [1.82, 2.24) is 4.90 Å². The minimum Gasteiger partial charge on any atom is -0.392 e. The van der Waals surface area contributed by atoms with Gasteiger partial charge in [0, 0.05) is 34.8 Å². The number of carbonyl (C=O) groups excluding carboxylic acids is 1. The van der Waals surface area contributed by atoms with Crippen LogP contribution in [0, 0.1) is 11.7 Å². The summed E-state index contributed by atoms with van der Waals surface area (Å²) in [5, 5.41) is 14.2. The van der Waals surface area contributed by atoms with Gasteiger partial charge in [0.15, 0.2) is 0 Å². The molecule has 2 fully saturated rings. The molecule has 1 aliphatic carbocycles. The maximum absolute atomic E-state index is 15.3. The molecule has 164 valence electrons. The summed E-state index contributed by atoms with van der Waals surface area (Å²) >= 11 is 12.3. The third-order valence-corrected chi connectivity index (χ3v) is 7.52. The van der Waals surface area contributed by atoms with Crippen LogP contribution in [-0.2, 0) is 10.3 Å². The Morgan fingerprint density at radius 3 is 2.74 bits per heavy atom. The summed E-state index contributed by atoms with van der Waals surface area (Å²) in [6.45, 7) is 2.27.